The van der Waals surface area contributed by atoms with E-state index < -0.39 is 177 Å². The van der Waals surface area contributed by atoms with Crippen molar-refractivity contribution in [3.05, 3.63) is 0 Å². The summed E-state index contributed by atoms with van der Waals surface area (Å²) in [7, 11) is 0. The highest BCUT2D eigenvalue weighted by Crippen LogP contribution is 2.81. The molecule has 10 fully saturated rings. The molecule has 0 radical (unpaired) electrons. The summed E-state index contributed by atoms with van der Waals surface area (Å²) in [4.78, 5) is 12.6. The Bertz CT molecular complexity index is 2140. The minimum atomic E-state index is -1.93. The van der Waals surface area contributed by atoms with E-state index in [1.54, 1.807) is 0 Å². The molecule has 2 bridgehead atoms. The molecule has 0 amide bonds. The fourth-order valence-electron chi connectivity index (χ4n) is 17.9. The van der Waals surface area contributed by atoms with E-state index in [1.807, 2.05) is 6.92 Å². The highest BCUT2D eigenvalue weighted by molar-refractivity contribution is 5.66. The van der Waals surface area contributed by atoms with Crippen LogP contribution >= 0.6 is 0 Å². The third-order valence-electron chi connectivity index (χ3n) is 22.3. The summed E-state index contributed by atoms with van der Waals surface area (Å²) in [6.45, 7) is 12.3. The number of aliphatic hydroxyl groups excluding tert-OH is 13. The molecule has 10 aliphatic rings. The first-order valence-corrected chi connectivity index (χ1v) is 28.2. The number of ether oxygens (including phenoxy) is 10. The summed E-state index contributed by atoms with van der Waals surface area (Å²) in [5, 5.41) is 143. The average molecular weight is 1120 g/mol. The van der Waals surface area contributed by atoms with E-state index in [0.29, 0.717) is 38.7 Å². The Morgan fingerprint density at radius 2 is 1.18 bits per heavy atom. The first kappa shape index (κ1) is 59.7. The van der Waals surface area contributed by atoms with Crippen LogP contribution in [-0.2, 0) is 52.2 Å². The van der Waals surface area contributed by atoms with Crippen LogP contribution in [0.25, 0.3) is 0 Å². The Labute approximate surface area is 454 Å². The molecule has 13 N–H and O–H groups in total. The van der Waals surface area contributed by atoms with E-state index in [4.69, 9.17) is 47.4 Å². The Morgan fingerprint density at radius 1 is 0.564 bits per heavy atom. The van der Waals surface area contributed by atoms with Crippen LogP contribution in [-0.4, -0.2) is 247 Å². The molecule has 5 saturated carbocycles. The van der Waals surface area contributed by atoms with Gasteiger partial charge in [-0.05, 0) is 85.9 Å². The van der Waals surface area contributed by atoms with Gasteiger partial charge < -0.3 is 114 Å². The molecule has 24 nitrogen and oxygen atoms in total. The van der Waals surface area contributed by atoms with Crippen molar-refractivity contribution in [1.29, 1.82) is 0 Å². The van der Waals surface area contributed by atoms with Gasteiger partial charge in [-0.25, -0.2) is 0 Å². The monoisotopic (exact) mass is 1120 g/mol. The number of hydrogen-bond donors (Lipinski definition) is 13. The second-order valence-corrected chi connectivity index (χ2v) is 26.7. The van der Waals surface area contributed by atoms with Gasteiger partial charge in [0, 0.05) is 23.7 Å². The lowest BCUT2D eigenvalue weighted by Crippen LogP contribution is -2.75. The van der Waals surface area contributed by atoms with E-state index in [1.165, 1.54) is 6.92 Å². The lowest BCUT2D eigenvalue weighted by Gasteiger charge is -2.75. The molecule has 10 rings (SSSR count). The molecule has 1 spiro atoms. The fraction of sp³-hybridized carbons (Fsp3) is 0.981. The summed E-state index contributed by atoms with van der Waals surface area (Å²) in [5.41, 5.74) is -3.60. The number of carbonyl (C=O) groups excluding carboxylic acids is 1. The molecule has 5 heterocycles. The number of aliphatic hydroxyl groups is 13. The van der Waals surface area contributed by atoms with Gasteiger partial charge in [-0.1, -0.05) is 41.5 Å². The van der Waals surface area contributed by atoms with Gasteiger partial charge in [-0.3, -0.25) is 4.79 Å². The van der Waals surface area contributed by atoms with Gasteiger partial charge >= 0.3 is 5.97 Å². The molecular weight excluding hydrogens is 1030 g/mol. The van der Waals surface area contributed by atoms with Crippen LogP contribution in [0.5, 0.6) is 0 Å². The molecule has 0 aromatic rings. The quantitative estimate of drug-likeness (QED) is 0.0706. The van der Waals surface area contributed by atoms with Crippen LogP contribution in [0.15, 0.2) is 0 Å². The predicted octanol–water partition coefficient (Wildman–Crippen LogP) is -2.56. The third-order valence-corrected chi connectivity index (χ3v) is 22.3. The molecule has 5 aliphatic heterocycles. The molecule has 5 aliphatic carbocycles. The van der Waals surface area contributed by atoms with E-state index >= 15 is 0 Å². The van der Waals surface area contributed by atoms with Crippen LogP contribution in [0, 0.1) is 50.2 Å². The maximum absolute atomic E-state index is 12.6. The number of fused-ring (bicyclic) bond motifs is 4. The number of esters is 1. The lowest BCUT2D eigenvalue weighted by atomic mass is 9.30. The van der Waals surface area contributed by atoms with Gasteiger partial charge in [0.2, 0.25) is 0 Å². The highest BCUT2D eigenvalue weighted by Gasteiger charge is 2.82. The van der Waals surface area contributed by atoms with Crippen molar-refractivity contribution in [2.45, 2.75) is 241 Å². The average Bonchev–Trinajstić information content (AvgIpc) is 3.85. The van der Waals surface area contributed by atoms with Crippen LogP contribution in [0.1, 0.15) is 106 Å². The largest absolute Gasteiger partial charge is 0.462 e. The van der Waals surface area contributed by atoms with Gasteiger partial charge in [0.25, 0.3) is 0 Å². The van der Waals surface area contributed by atoms with Crippen molar-refractivity contribution in [3.63, 3.8) is 0 Å². The SMILES string of the molecule is CC(=O)OC1CC(C)(C)CC2C13COC21CCC2C4(C)CCC(OC5OCC(OC6OC(CO)C(O)C(O)C6OC6OCC(O)C(O)C6O)C(O)C5OC5OC(CO)C(O)C(O)C5O)C(C)(CO)C4CCC2(C)C1(C)CC3O. The van der Waals surface area contributed by atoms with Gasteiger partial charge in [0.15, 0.2) is 25.2 Å². The fourth-order valence-corrected chi connectivity index (χ4v) is 17.9. The van der Waals surface area contributed by atoms with Gasteiger partial charge in [-0.2, -0.15) is 0 Å². The Morgan fingerprint density at radius 3 is 1.85 bits per heavy atom. The van der Waals surface area contributed by atoms with Crippen molar-refractivity contribution >= 4 is 5.97 Å². The van der Waals surface area contributed by atoms with Crippen LogP contribution in [0.4, 0.5) is 0 Å². The Balaban J connectivity index is 0.915. The maximum atomic E-state index is 12.6. The zero-order chi connectivity index (χ0) is 56.6. The van der Waals surface area contributed by atoms with Crippen molar-refractivity contribution in [2.75, 3.05) is 39.6 Å². The van der Waals surface area contributed by atoms with Crippen LogP contribution in [0.2, 0.25) is 0 Å². The van der Waals surface area contributed by atoms with Gasteiger partial charge in [-0.15, -0.1) is 0 Å². The number of carbonyl (C=O) groups is 1. The third kappa shape index (κ3) is 9.02. The van der Waals surface area contributed by atoms with E-state index in [2.05, 4.69) is 34.6 Å². The standard InChI is InChI=1S/C54H88O24/c1-23(58)72-33-16-48(2,3)14-30-53(33)22-71-54(30)13-9-29-49(4)11-10-32(50(5,21-57)28(49)8-12-51(29,6)52(54,7)15-31(53)60)76-46-42(78-45-41(68)38(65)35(62)25(17-55)73-45)37(64)27(20-70-46)75-47-43(39(66)36(63)26(18-56)74-47)77-44-40(67)34(61)24(59)19-69-44/h24-47,55-57,59-68H,8-22H2,1-7H3. The summed E-state index contributed by atoms with van der Waals surface area (Å²) < 4.78 is 61.9. The first-order chi connectivity index (χ1) is 36.6. The van der Waals surface area contributed by atoms with Gasteiger partial charge in [0.05, 0.1) is 62.9 Å². The molecule has 0 aromatic heterocycles. The summed E-state index contributed by atoms with van der Waals surface area (Å²) in [5.74, 6) is -0.425. The number of rotatable bonds is 12. The molecule has 78 heavy (non-hydrogen) atoms. The van der Waals surface area contributed by atoms with Crippen molar-refractivity contribution in [3.8, 4) is 0 Å². The van der Waals surface area contributed by atoms with E-state index in [0.717, 1.165) is 25.7 Å². The molecule has 0 aromatic carbocycles. The normalized spacial score (nSPS) is 56.7. The summed E-state index contributed by atoms with van der Waals surface area (Å²) >= 11 is 0. The topological polar surface area (TPSA) is 372 Å². The molecule has 448 valence electrons. The second kappa shape index (κ2) is 21.3. The molecule has 30 atom stereocenters. The Kier molecular flexibility index (Phi) is 16.3. The zero-order valence-corrected chi connectivity index (χ0v) is 45.8. The Hall–Kier alpha value is -1.41. The second-order valence-electron chi connectivity index (χ2n) is 26.7. The molecule has 24 heteroatoms. The molecule has 5 saturated heterocycles. The zero-order valence-electron chi connectivity index (χ0n) is 45.8. The van der Waals surface area contributed by atoms with Gasteiger partial charge in [0.1, 0.15) is 91.6 Å². The minimum Gasteiger partial charge on any atom is -0.462 e. The lowest BCUT2D eigenvalue weighted by molar-refractivity contribution is -0.393. The first-order valence-electron chi connectivity index (χ1n) is 28.2. The van der Waals surface area contributed by atoms with Crippen molar-refractivity contribution in [2.24, 2.45) is 50.2 Å². The summed E-state index contributed by atoms with van der Waals surface area (Å²) in [6.07, 6.45) is -26.7. The van der Waals surface area contributed by atoms with Crippen LogP contribution < -0.4 is 0 Å². The van der Waals surface area contributed by atoms with E-state index in [9.17, 15) is 71.2 Å². The summed E-state index contributed by atoms with van der Waals surface area (Å²) in [6, 6.07) is 0. The highest BCUT2D eigenvalue weighted by atomic mass is 16.8. The predicted molar refractivity (Wildman–Crippen MR) is 263 cm³/mol. The van der Waals surface area contributed by atoms with Crippen molar-refractivity contribution in [1.82, 2.24) is 0 Å². The minimum absolute atomic E-state index is 0.0473. The number of hydrogen-bond acceptors (Lipinski definition) is 24. The molecular formula is C54H88O24. The van der Waals surface area contributed by atoms with Crippen molar-refractivity contribution < 1.29 is 119 Å². The maximum Gasteiger partial charge on any atom is 0.302 e. The smallest absolute Gasteiger partial charge is 0.302 e. The molecule has 30 unspecified atom stereocenters. The van der Waals surface area contributed by atoms with E-state index in [-0.39, 0.29) is 46.6 Å². The van der Waals surface area contributed by atoms with Crippen LogP contribution in [0.3, 0.4) is 0 Å².